The van der Waals surface area contributed by atoms with Gasteiger partial charge < -0.3 is 5.73 Å². The third-order valence-electron chi connectivity index (χ3n) is 2.34. The standard InChI is InChI=1S/C11H20N4/c1-11(2,3)10(12)13-7-5-9-6-8-14-15(9)4/h6,8H,5,7H2,1-4H3,(H2,12,13). The fourth-order valence-electron chi connectivity index (χ4n) is 1.17. The van der Waals surface area contributed by atoms with E-state index in [0.29, 0.717) is 5.84 Å². The molecule has 15 heavy (non-hydrogen) atoms. The van der Waals surface area contributed by atoms with Crippen molar-refractivity contribution in [2.75, 3.05) is 6.54 Å². The van der Waals surface area contributed by atoms with Crippen LogP contribution in [0.4, 0.5) is 0 Å². The number of aryl methyl sites for hydroxylation is 1. The Hall–Kier alpha value is -1.32. The van der Waals surface area contributed by atoms with E-state index in [1.54, 1.807) is 6.20 Å². The van der Waals surface area contributed by atoms with Gasteiger partial charge in [-0.25, -0.2) is 0 Å². The summed E-state index contributed by atoms with van der Waals surface area (Å²) < 4.78 is 1.86. The van der Waals surface area contributed by atoms with Crippen molar-refractivity contribution in [3.63, 3.8) is 0 Å². The Labute approximate surface area is 91.2 Å². The van der Waals surface area contributed by atoms with Crippen molar-refractivity contribution < 1.29 is 0 Å². The number of aliphatic imine (C=N–C) groups is 1. The van der Waals surface area contributed by atoms with E-state index >= 15 is 0 Å². The number of nitrogens with zero attached hydrogens (tertiary/aromatic N) is 3. The van der Waals surface area contributed by atoms with Gasteiger partial charge in [-0.2, -0.15) is 5.10 Å². The molecule has 0 aliphatic carbocycles. The van der Waals surface area contributed by atoms with Crippen LogP contribution in [0.5, 0.6) is 0 Å². The van der Waals surface area contributed by atoms with Gasteiger partial charge in [0.15, 0.2) is 0 Å². The Morgan fingerprint density at radius 3 is 2.67 bits per heavy atom. The molecule has 0 atom stereocenters. The molecule has 84 valence electrons. The number of hydrogen-bond donors (Lipinski definition) is 1. The predicted octanol–water partition coefficient (Wildman–Crippen LogP) is 1.37. The molecule has 4 heteroatoms. The molecular formula is C11H20N4. The first-order chi connectivity index (χ1) is 6.91. The molecule has 1 heterocycles. The highest BCUT2D eigenvalue weighted by Gasteiger charge is 2.14. The SMILES string of the molecule is Cn1nccc1CCN=C(N)C(C)(C)C. The third-order valence-corrected chi connectivity index (χ3v) is 2.34. The van der Waals surface area contributed by atoms with Crippen LogP contribution in [-0.4, -0.2) is 22.2 Å². The topological polar surface area (TPSA) is 56.2 Å². The van der Waals surface area contributed by atoms with E-state index in [2.05, 4.69) is 30.9 Å². The Bertz CT molecular complexity index is 344. The second-order valence-electron chi connectivity index (χ2n) is 4.71. The maximum atomic E-state index is 5.86. The molecule has 4 nitrogen and oxygen atoms in total. The summed E-state index contributed by atoms with van der Waals surface area (Å²) in [5.41, 5.74) is 7.00. The summed E-state index contributed by atoms with van der Waals surface area (Å²) in [4.78, 5) is 4.36. The van der Waals surface area contributed by atoms with Crippen LogP contribution in [0.3, 0.4) is 0 Å². The summed E-state index contributed by atoms with van der Waals surface area (Å²) in [7, 11) is 1.94. The van der Waals surface area contributed by atoms with Crippen molar-refractivity contribution in [3.8, 4) is 0 Å². The van der Waals surface area contributed by atoms with Crippen molar-refractivity contribution in [2.45, 2.75) is 27.2 Å². The summed E-state index contributed by atoms with van der Waals surface area (Å²) in [6, 6.07) is 2.00. The summed E-state index contributed by atoms with van der Waals surface area (Å²) in [6.45, 7) is 6.92. The van der Waals surface area contributed by atoms with Crippen LogP contribution in [-0.2, 0) is 13.5 Å². The van der Waals surface area contributed by atoms with Gasteiger partial charge in [0.2, 0.25) is 0 Å². The Balaban J connectivity index is 2.49. The maximum Gasteiger partial charge on any atom is 0.0991 e. The second-order valence-corrected chi connectivity index (χ2v) is 4.71. The first kappa shape index (κ1) is 11.8. The van der Waals surface area contributed by atoms with Crippen molar-refractivity contribution >= 4 is 5.84 Å². The smallest absolute Gasteiger partial charge is 0.0991 e. The van der Waals surface area contributed by atoms with Gasteiger partial charge in [0.05, 0.1) is 5.84 Å². The van der Waals surface area contributed by atoms with E-state index in [4.69, 9.17) is 5.73 Å². The Morgan fingerprint density at radius 1 is 1.53 bits per heavy atom. The van der Waals surface area contributed by atoms with Crippen molar-refractivity contribution in [2.24, 2.45) is 23.2 Å². The number of aromatic nitrogens is 2. The average molecular weight is 208 g/mol. The summed E-state index contributed by atoms with van der Waals surface area (Å²) in [6.07, 6.45) is 2.68. The molecule has 0 spiro atoms. The monoisotopic (exact) mass is 208 g/mol. The van der Waals surface area contributed by atoms with Gasteiger partial charge in [0, 0.05) is 37.3 Å². The maximum absolute atomic E-state index is 5.86. The molecule has 2 N–H and O–H groups in total. The molecule has 0 unspecified atom stereocenters. The van der Waals surface area contributed by atoms with Gasteiger partial charge in [-0.15, -0.1) is 0 Å². The van der Waals surface area contributed by atoms with Crippen molar-refractivity contribution in [1.82, 2.24) is 9.78 Å². The lowest BCUT2D eigenvalue weighted by atomic mass is 9.95. The van der Waals surface area contributed by atoms with E-state index in [1.807, 2.05) is 17.8 Å². The molecule has 0 fully saturated rings. The fourth-order valence-corrected chi connectivity index (χ4v) is 1.17. The van der Waals surface area contributed by atoms with Crippen LogP contribution in [0.15, 0.2) is 17.3 Å². The number of nitrogens with two attached hydrogens (primary N) is 1. The second kappa shape index (κ2) is 4.47. The van der Waals surface area contributed by atoms with Crippen LogP contribution in [0.1, 0.15) is 26.5 Å². The minimum atomic E-state index is -0.0353. The van der Waals surface area contributed by atoms with Crippen molar-refractivity contribution in [3.05, 3.63) is 18.0 Å². The zero-order valence-electron chi connectivity index (χ0n) is 9.99. The minimum absolute atomic E-state index is 0.0353. The van der Waals surface area contributed by atoms with Gasteiger partial charge in [0.25, 0.3) is 0 Å². The Morgan fingerprint density at radius 2 is 2.20 bits per heavy atom. The van der Waals surface area contributed by atoms with Crippen LogP contribution in [0, 0.1) is 5.41 Å². The fraction of sp³-hybridized carbons (Fsp3) is 0.636. The van der Waals surface area contributed by atoms with E-state index in [9.17, 15) is 0 Å². The van der Waals surface area contributed by atoms with Crippen LogP contribution in [0.25, 0.3) is 0 Å². The molecule has 0 radical (unpaired) electrons. The molecule has 1 aromatic rings. The molecule has 0 aliphatic heterocycles. The molecule has 1 rings (SSSR count). The van der Waals surface area contributed by atoms with E-state index < -0.39 is 0 Å². The quantitative estimate of drug-likeness (QED) is 0.602. The highest BCUT2D eigenvalue weighted by molar-refractivity contribution is 5.85. The van der Waals surface area contributed by atoms with Gasteiger partial charge in [-0.3, -0.25) is 9.67 Å². The van der Waals surface area contributed by atoms with Gasteiger partial charge >= 0.3 is 0 Å². The largest absolute Gasteiger partial charge is 0.387 e. The van der Waals surface area contributed by atoms with Crippen LogP contribution >= 0.6 is 0 Å². The molecular weight excluding hydrogens is 188 g/mol. The molecule has 0 amide bonds. The molecule has 0 saturated carbocycles. The summed E-state index contributed by atoms with van der Waals surface area (Å²) in [5.74, 6) is 0.713. The summed E-state index contributed by atoms with van der Waals surface area (Å²) in [5, 5.41) is 4.10. The molecule has 0 aliphatic rings. The lowest BCUT2D eigenvalue weighted by Crippen LogP contribution is -2.29. The highest BCUT2D eigenvalue weighted by atomic mass is 15.3. The van der Waals surface area contributed by atoms with Crippen molar-refractivity contribution in [1.29, 1.82) is 0 Å². The number of rotatable bonds is 3. The van der Waals surface area contributed by atoms with Crippen LogP contribution < -0.4 is 5.73 Å². The van der Waals surface area contributed by atoms with Crippen LogP contribution in [0.2, 0.25) is 0 Å². The Kier molecular flexibility index (Phi) is 3.50. The normalized spacial score (nSPS) is 13.2. The molecule has 1 aromatic heterocycles. The molecule has 0 saturated heterocycles. The predicted molar refractivity (Wildman–Crippen MR) is 62.9 cm³/mol. The van der Waals surface area contributed by atoms with E-state index in [1.165, 1.54) is 5.69 Å². The van der Waals surface area contributed by atoms with Gasteiger partial charge in [-0.05, 0) is 6.07 Å². The molecule has 0 aromatic carbocycles. The number of hydrogen-bond acceptors (Lipinski definition) is 2. The lowest BCUT2D eigenvalue weighted by molar-refractivity contribution is 0.580. The first-order valence-electron chi connectivity index (χ1n) is 5.18. The van der Waals surface area contributed by atoms with Gasteiger partial charge in [-0.1, -0.05) is 20.8 Å². The lowest BCUT2D eigenvalue weighted by Gasteiger charge is -2.17. The summed E-state index contributed by atoms with van der Waals surface area (Å²) >= 11 is 0. The zero-order valence-corrected chi connectivity index (χ0v) is 9.99. The third kappa shape index (κ3) is 3.38. The van der Waals surface area contributed by atoms with E-state index in [-0.39, 0.29) is 5.41 Å². The highest BCUT2D eigenvalue weighted by Crippen LogP contribution is 2.12. The first-order valence-corrected chi connectivity index (χ1v) is 5.18. The van der Waals surface area contributed by atoms with E-state index in [0.717, 1.165) is 13.0 Å². The zero-order chi connectivity index (χ0) is 11.5. The average Bonchev–Trinajstić information content (AvgIpc) is 2.50. The number of amidine groups is 1. The minimum Gasteiger partial charge on any atom is -0.387 e. The molecule has 0 bridgehead atoms. The van der Waals surface area contributed by atoms with Gasteiger partial charge in [0.1, 0.15) is 0 Å².